The Morgan fingerprint density at radius 2 is 1.86 bits per heavy atom. The molecule has 0 saturated heterocycles. The maximum absolute atomic E-state index is 3.70. The van der Waals surface area contributed by atoms with Crippen molar-refractivity contribution in [1.82, 2.24) is 0 Å². The fourth-order valence-electron chi connectivity index (χ4n) is 2.29. The van der Waals surface area contributed by atoms with Gasteiger partial charge in [-0.15, -0.1) is 22.7 Å². The van der Waals surface area contributed by atoms with Gasteiger partial charge in [-0.05, 0) is 57.4 Å². The maximum atomic E-state index is 3.70. The lowest BCUT2D eigenvalue weighted by molar-refractivity contribution is 0.801. The van der Waals surface area contributed by atoms with Crippen molar-refractivity contribution >= 4 is 44.3 Å². The minimum Gasteiger partial charge on any atom is -0.376 e. The van der Waals surface area contributed by atoms with Gasteiger partial charge in [-0.2, -0.15) is 0 Å². The van der Waals surface area contributed by atoms with Gasteiger partial charge in [0.15, 0.2) is 0 Å². The summed E-state index contributed by atoms with van der Waals surface area (Å²) in [5.41, 5.74) is 2.41. The highest BCUT2D eigenvalue weighted by Crippen LogP contribution is 2.32. The zero-order chi connectivity index (χ0) is 14.7. The second-order valence-electron chi connectivity index (χ2n) is 4.93. The topological polar surface area (TPSA) is 12.0 Å². The third-order valence-corrected chi connectivity index (χ3v) is 6.33. The van der Waals surface area contributed by atoms with Gasteiger partial charge in [-0.1, -0.05) is 24.3 Å². The zero-order valence-corrected chi connectivity index (χ0v) is 14.9. The van der Waals surface area contributed by atoms with Gasteiger partial charge < -0.3 is 5.32 Å². The Hall–Kier alpha value is -1.10. The minimum absolute atomic E-state index is 0.307. The summed E-state index contributed by atoms with van der Waals surface area (Å²) in [5, 5.41) is 7.98. The van der Waals surface area contributed by atoms with Crippen LogP contribution in [0.25, 0.3) is 0 Å². The Morgan fingerprint density at radius 3 is 2.57 bits per heavy atom. The highest BCUT2D eigenvalue weighted by molar-refractivity contribution is 9.10. The number of thiophene rings is 2. The zero-order valence-electron chi connectivity index (χ0n) is 11.7. The third kappa shape index (κ3) is 3.57. The summed E-state index contributed by atoms with van der Waals surface area (Å²) in [6, 6.07) is 15.3. The standard InChI is InChI=1S/C17H16BrNS2/c1-12-5-2-7-14(17(12)18)19-15(16-8-4-10-21-16)11-13-6-3-9-20-13/h2-10,15,19H,11H2,1H3. The first-order valence-corrected chi connectivity index (χ1v) is 9.36. The second kappa shape index (κ2) is 6.77. The van der Waals surface area contributed by atoms with Gasteiger partial charge in [0.2, 0.25) is 0 Å². The predicted molar refractivity (Wildman–Crippen MR) is 97.6 cm³/mol. The number of rotatable bonds is 5. The van der Waals surface area contributed by atoms with E-state index in [-0.39, 0.29) is 0 Å². The van der Waals surface area contributed by atoms with Crippen LogP contribution < -0.4 is 5.32 Å². The number of anilines is 1. The molecule has 2 aromatic heterocycles. The number of nitrogens with one attached hydrogen (secondary N) is 1. The molecule has 0 saturated carbocycles. The summed E-state index contributed by atoms with van der Waals surface area (Å²) in [4.78, 5) is 2.78. The number of hydrogen-bond acceptors (Lipinski definition) is 3. The molecular formula is C17H16BrNS2. The van der Waals surface area contributed by atoms with Crippen molar-refractivity contribution in [2.75, 3.05) is 5.32 Å². The molecule has 1 atom stereocenters. The number of aryl methyl sites for hydroxylation is 1. The Kier molecular flexibility index (Phi) is 4.78. The molecule has 0 amide bonds. The lowest BCUT2D eigenvalue weighted by atomic mass is 10.1. The van der Waals surface area contributed by atoms with E-state index < -0.39 is 0 Å². The van der Waals surface area contributed by atoms with Gasteiger partial charge in [0, 0.05) is 26.3 Å². The SMILES string of the molecule is Cc1cccc(NC(Cc2cccs2)c2cccs2)c1Br. The monoisotopic (exact) mass is 377 g/mol. The van der Waals surface area contributed by atoms with Gasteiger partial charge in [0.05, 0.1) is 6.04 Å². The van der Waals surface area contributed by atoms with Gasteiger partial charge in [0.25, 0.3) is 0 Å². The Labute approximate surface area is 141 Å². The van der Waals surface area contributed by atoms with Gasteiger partial charge >= 0.3 is 0 Å². The van der Waals surface area contributed by atoms with Crippen LogP contribution in [0.15, 0.2) is 57.7 Å². The second-order valence-corrected chi connectivity index (χ2v) is 7.74. The molecule has 0 spiro atoms. The van der Waals surface area contributed by atoms with Crippen LogP contribution in [0, 0.1) is 6.92 Å². The molecule has 1 nitrogen and oxygen atoms in total. The molecule has 0 aliphatic heterocycles. The van der Waals surface area contributed by atoms with Gasteiger partial charge in [-0.3, -0.25) is 0 Å². The van der Waals surface area contributed by atoms with E-state index in [4.69, 9.17) is 0 Å². The molecule has 4 heteroatoms. The van der Waals surface area contributed by atoms with E-state index in [2.05, 4.69) is 81.4 Å². The number of hydrogen-bond donors (Lipinski definition) is 1. The van der Waals surface area contributed by atoms with E-state index in [1.165, 1.54) is 15.3 Å². The van der Waals surface area contributed by atoms with Gasteiger partial charge in [-0.25, -0.2) is 0 Å². The van der Waals surface area contributed by atoms with E-state index >= 15 is 0 Å². The van der Waals surface area contributed by atoms with Crippen LogP contribution in [0.3, 0.4) is 0 Å². The largest absolute Gasteiger partial charge is 0.376 e. The van der Waals surface area contributed by atoms with Crippen molar-refractivity contribution in [1.29, 1.82) is 0 Å². The summed E-state index contributed by atoms with van der Waals surface area (Å²) in [7, 11) is 0. The molecule has 1 N–H and O–H groups in total. The van der Waals surface area contributed by atoms with Crippen molar-refractivity contribution in [3.8, 4) is 0 Å². The summed E-state index contributed by atoms with van der Waals surface area (Å²) < 4.78 is 1.15. The lowest BCUT2D eigenvalue weighted by Crippen LogP contribution is -2.12. The Balaban J connectivity index is 1.87. The van der Waals surface area contributed by atoms with Crippen molar-refractivity contribution in [3.63, 3.8) is 0 Å². The summed E-state index contributed by atoms with van der Waals surface area (Å²) in [6.07, 6.45) is 1.01. The van der Waals surface area contributed by atoms with E-state index in [1.807, 2.05) is 22.7 Å². The van der Waals surface area contributed by atoms with Gasteiger partial charge in [0.1, 0.15) is 0 Å². The van der Waals surface area contributed by atoms with Crippen LogP contribution in [0.4, 0.5) is 5.69 Å². The fourth-order valence-corrected chi connectivity index (χ4v) is 4.20. The fraction of sp³-hybridized carbons (Fsp3) is 0.176. The average molecular weight is 378 g/mol. The van der Waals surface area contributed by atoms with Crippen molar-refractivity contribution in [3.05, 3.63) is 73.0 Å². The average Bonchev–Trinajstić information content (AvgIpc) is 3.16. The molecule has 3 rings (SSSR count). The number of benzene rings is 1. The Morgan fingerprint density at radius 1 is 1.05 bits per heavy atom. The van der Waals surface area contributed by atoms with Crippen LogP contribution in [0.5, 0.6) is 0 Å². The van der Waals surface area contributed by atoms with E-state index in [9.17, 15) is 0 Å². The van der Waals surface area contributed by atoms with Crippen LogP contribution in [0.1, 0.15) is 21.4 Å². The normalized spacial score (nSPS) is 12.3. The first-order chi connectivity index (χ1) is 10.2. The highest BCUT2D eigenvalue weighted by Gasteiger charge is 2.15. The molecule has 1 aromatic carbocycles. The molecule has 0 aliphatic carbocycles. The molecule has 2 heterocycles. The minimum atomic E-state index is 0.307. The van der Waals surface area contributed by atoms with Crippen LogP contribution in [0.2, 0.25) is 0 Å². The molecule has 1 unspecified atom stereocenters. The lowest BCUT2D eigenvalue weighted by Gasteiger charge is -2.20. The summed E-state index contributed by atoms with van der Waals surface area (Å²) in [6.45, 7) is 2.12. The first-order valence-electron chi connectivity index (χ1n) is 6.81. The number of halogens is 1. The summed E-state index contributed by atoms with van der Waals surface area (Å²) >= 11 is 7.32. The van der Waals surface area contributed by atoms with Crippen molar-refractivity contribution in [2.45, 2.75) is 19.4 Å². The molecule has 0 fully saturated rings. The summed E-state index contributed by atoms with van der Waals surface area (Å²) in [5.74, 6) is 0. The quantitative estimate of drug-likeness (QED) is 0.551. The van der Waals surface area contributed by atoms with E-state index in [1.54, 1.807) is 0 Å². The third-order valence-electron chi connectivity index (χ3n) is 3.39. The van der Waals surface area contributed by atoms with Crippen LogP contribution in [-0.4, -0.2) is 0 Å². The molecule has 0 bridgehead atoms. The molecule has 0 radical (unpaired) electrons. The predicted octanol–water partition coefficient (Wildman–Crippen LogP) is 6.28. The molecule has 108 valence electrons. The molecular weight excluding hydrogens is 362 g/mol. The molecule has 0 aliphatic rings. The van der Waals surface area contributed by atoms with E-state index in [0.717, 1.165) is 16.6 Å². The van der Waals surface area contributed by atoms with Crippen LogP contribution >= 0.6 is 38.6 Å². The maximum Gasteiger partial charge on any atom is 0.0655 e. The first kappa shape index (κ1) is 14.8. The highest BCUT2D eigenvalue weighted by atomic mass is 79.9. The van der Waals surface area contributed by atoms with Crippen LogP contribution in [-0.2, 0) is 6.42 Å². The van der Waals surface area contributed by atoms with E-state index in [0.29, 0.717) is 6.04 Å². The Bertz CT molecular complexity index is 690. The molecule has 3 aromatic rings. The van der Waals surface area contributed by atoms with Crippen molar-refractivity contribution < 1.29 is 0 Å². The smallest absolute Gasteiger partial charge is 0.0655 e. The molecule has 21 heavy (non-hydrogen) atoms. The van der Waals surface area contributed by atoms with Crippen molar-refractivity contribution in [2.24, 2.45) is 0 Å².